The first-order chi connectivity index (χ1) is 10.2. The van der Waals surface area contributed by atoms with Crippen molar-refractivity contribution in [3.63, 3.8) is 0 Å². The Kier molecular flexibility index (Phi) is 3.70. The first-order valence-electron chi connectivity index (χ1n) is 7.14. The van der Waals surface area contributed by atoms with Gasteiger partial charge in [-0.3, -0.25) is 9.36 Å². The largest absolute Gasteiger partial charge is 0.324 e. The smallest absolute Gasteiger partial charge is 0.231 e. The van der Waals surface area contributed by atoms with E-state index in [-0.39, 0.29) is 11.3 Å². The van der Waals surface area contributed by atoms with Crippen molar-refractivity contribution >= 4 is 11.6 Å². The first-order valence-corrected chi connectivity index (χ1v) is 7.14. The Morgan fingerprint density at radius 2 is 2.38 bits per heavy atom. The van der Waals surface area contributed by atoms with Crippen molar-refractivity contribution in [3.8, 4) is 5.82 Å². The molecule has 0 radical (unpaired) electrons. The average Bonchev–Trinajstić information content (AvgIpc) is 3.03. The lowest BCUT2D eigenvalue weighted by Crippen LogP contribution is -2.46. The highest BCUT2D eigenvalue weighted by Gasteiger charge is 2.34. The third-order valence-electron chi connectivity index (χ3n) is 3.92. The van der Waals surface area contributed by atoms with Gasteiger partial charge in [-0.05, 0) is 38.4 Å². The van der Waals surface area contributed by atoms with Crippen LogP contribution in [0.15, 0.2) is 37.1 Å². The Hall–Kier alpha value is -2.21. The van der Waals surface area contributed by atoms with Gasteiger partial charge in [-0.2, -0.15) is 0 Å². The Balaban J connectivity index is 1.69. The number of imidazole rings is 1. The van der Waals surface area contributed by atoms with E-state index in [1.54, 1.807) is 18.7 Å². The number of piperidine rings is 1. The lowest BCUT2D eigenvalue weighted by atomic mass is 9.82. The van der Waals surface area contributed by atoms with E-state index >= 15 is 0 Å². The summed E-state index contributed by atoms with van der Waals surface area (Å²) in [7, 11) is 0. The van der Waals surface area contributed by atoms with E-state index in [1.807, 2.05) is 29.8 Å². The van der Waals surface area contributed by atoms with Crippen LogP contribution in [0.25, 0.3) is 5.82 Å². The average molecular weight is 285 g/mol. The quantitative estimate of drug-likeness (QED) is 0.898. The van der Waals surface area contributed by atoms with Crippen molar-refractivity contribution in [2.75, 3.05) is 18.4 Å². The van der Waals surface area contributed by atoms with Crippen molar-refractivity contribution in [1.29, 1.82) is 0 Å². The number of rotatable bonds is 3. The van der Waals surface area contributed by atoms with Crippen LogP contribution in [0.5, 0.6) is 0 Å². The van der Waals surface area contributed by atoms with Gasteiger partial charge in [0.05, 0.1) is 17.3 Å². The Labute approximate surface area is 123 Å². The first kappa shape index (κ1) is 13.8. The highest BCUT2D eigenvalue weighted by molar-refractivity contribution is 5.95. The van der Waals surface area contributed by atoms with E-state index in [4.69, 9.17) is 0 Å². The number of pyridine rings is 1. The molecule has 1 saturated heterocycles. The summed E-state index contributed by atoms with van der Waals surface area (Å²) in [6, 6.07) is 3.72. The van der Waals surface area contributed by atoms with Crippen LogP contribution in [0.1, 0.15) is 19.8 Å². The van der Waals surface area contributed by atoms with Gasteiger partial charge in [0.2, 0.25) is 5.91 Å². The van der Waals surface area contributed by atoms with Gasteiger partial charge in [0.25, 0.3) is 0 Å². The van der Waals surface area contributed by atoms with Gasteiger partial charge in [0.1, 0.15) is 12.1 Å². The number of carbonyl (C=O) groups excluding carboxylic acids is 1. The third kappa shape index (κ3) is 2.95. The molecule has 0 saturated carbocycles. The minimum Gasteiger partial charge on any atom is -0.324 e. The number of anilines is 1. The van der Waals surface area contributed by atoms with Crippen LogP contribution >= 0.6 is 0 Å². The van der Waals surface area contributed by atoms with Crippen LogP contribution in [0, 0.1) is 5.41 Å². The number of carbonyl (C=O) groups is 1. The molecule has 0 bridgehead atoms. The number of aromatic nitrogens is 3. The molecule has 21 heavy (non-hydrogen) atoms. The molecule has 1 aliphatic heterocycles. The van der Waals surface area contributed by atoms with Crippen LogP contribution in [-0.2, 0) is 4.79 Å². The SMILES string of the molecule is CC1(C(=O)Nc2ccc(-n3ccnc3)nc2)CCCNC1. The van der Waals surface area contributed by atoms with E-state index in [0.29, 0.717) is 0 Å². The number of nitrogens with one attached hydrogen (secondary N) is 2. The predicted octanol–water partition coefficient (Wildman–Crippen LogP) is 1.60. The van der Waals surface area contributed by atoms with E-state index in [2.05, 4.69) is 20.6 Å². The van der Waals surface area contributed by atoms with E-state index < -0.39 is 0 Å². The van der Waals surface area contributed by atoms with Crippen molar-refractivity contribution < 1.29 is 4.79 Å². The topological polar surface area (TPSA) is 71.8 Å². The molecule has 110 valence electrons. The lowest BCUT2D eigenvalue weighted by Gasteiger charge is -2.32. The van der Waals surface area contributed by atoms with Gasteiger partial charge >= 0.3 is 0 Å². The summed E-state index contributed by atoms with van der Waals surface area (Å²) in [4.78, 5) is 20.7. The van der Waals surface area contributed by atoms with Crippen molar-refractivity contribution in [2.24, 2.45) is 5.41 Å². The Bertz CT molecular complexity index is 600. The van der Waals surface area contributed by atoms with Gasteiger partial charge < -0.3 is 10.6 Å². The molecule has 6 heteroatoms. The third-order valence-corrected chi connectivity index (χ3v) is 3.92. The molecule has 1 unspecified atom stereocenters. The monoisotopic (exact) mass is 285 g/mol. The van der Waals surface area contributed by atoms with Crippen LogP contribution in [-0.4, -0.2) is 33.5 Å². The van der Waals surface area contributed by atoms with Gasteiger partial charge in [-0.15, -0.1) is 0 Å². The van der Waals surface area contributed by atoms with E-state index in [9.17, 15) is 4.79 Å². The van der Waals surface area contributed by atoms with Gasteiger partial charge in [-0.25, -0.2) is 9.97 Å². The molecule has 2 N–H and O–H groups in total. The molecule has 0 aromatic carbocycles. The van der Waals surface area contributed by atoms with Crippen molar-refractivity contribution in [2.45, 2.75) is 19.8 Å². The second-order valence-corrected chi connectivity index (χ2v) is 5.67. The molecule has 6 nitrogen and oxygen atoms in total. The van der Waals surface area contributed by atoms with Crippen LogP contribution < -0.4 is 10.6 Å². The summed E-state index contributed by atoms with van der Waals surface area (Å²) in [5.41, 5.74) is 0.372. The predicted molar refractivity (Wildman–Crippen MR) is 80.2 cm³/mol. The van der Waals surface area contributed by atoms with Crippen LogP contribution in [0.3, 0.4) is 0 Å². The number of hydrogen-bond acceptors (Lipinski definition) is 4. The van der Waals surface area contributed by atoms with Crippen LogP contribution in [0.2, 0.25) is 0 Å². The lowest BCUT2D eigenvalue weighted by molar-refractivity contribution is -0.125. The Morgan fingerprint density at radius 3 is 3.00 bits per heavy atom. The molecule has 2 aromatic heterocycles. The maximum Gasteiger partial charge on any atom is 0.231 e. The molecule has 1 amide bonds. The normalized spacial score (nSPS) is 22.0. The highest BCUT2D eigenvalue weighted by Crippen LogP contribution is 2.27. The summed E-state index contributed by atoms with van der Waals surface area (Å²) in [5, 5.41) is 6.24. The second-order valence-electron chi connectivity index (χ2n) is 5.67. The molecule has 1 fully saturated rings. The van der Waals surface area contributed by atoms with Gasteiger partial charge in [0, 0.05) is 18.9 Å². The molecule has 0 spiro atoms. The summed E-state index contributed by atoms with van der Waals surface area (Å²) in [6.45, 7) is 3.71. The Morgan fingerprint density at radius 1 is 1.48 bits per heavy atom. The van der Waals surface area contributed by atoms with Crippen molar-refractivity contribution in [3.05, 3.63) is 37.1 Å². The molecule has 1 atom stereocenters. The minimum atomic E-state index is -0.346. The zero-order valence-electron chi connectivity index (χ0n) is 12.0. The fourth-order valence-electron chi connectivity index (χ4n) is 2.54. The highest BCUT2D eigenvalue weighted by atomic mass is 16.2. The second kappa shape index (κ2) is 5.65. The molecule has 0 aliphatic carbocycles. The summed E-state index contributed by atoms with van der Waals surface area (Å²) < 4.78 is 1.82. The zero-order valence-corrected chi connectivity index (χ0v) is 12.0. The number of hydrogen-bond donors (Lipinski definition) is 2. The number of nitrogens with zero attached hydrogens (tertiary/aromatic N) is 3. The summed E-state index contributed by atoms with van der Waals surface area (Å²) in [5.74, 6) is 0.822. The van der Waals surface area contributed by atoms with Gasteiger partial charge in [0.15, 0.2) is 0 Å². The number of amides is 1. The maximum atomic E-state index is 12.4. The standard InChI is InChI=1S/C15H19N5O/c1-15(5-2-6-16-10-15)14(21)19-12-3-4-13(18-9-12)20-8-7-17-11-20/h3-4,7-9,11,16H,2,5-6,10H2,1H3,(H,19,21). The fraction of sp³-hybridized carbons (Fsp3) is 0.400. The van der Waals surface area contributed by atoms with Crippen LogP contribution in [0.4, 0.5) is 5.69 Å². The zero-order chi connectivity index (χ0) is 14.7. The molecule has 1 aliphatic rings. The van der Waals surface area contributed by atoms with Gasteiger partial charge in [-0.1, -0.05) is 0 Å². The fourth-order valence-corrected chi connectivity index (χ4v) is 2.54. The van der Waals surface area contributed by atoms with E-state index in [0.717, 1.165) is 37.4 Å². The molecular weight excluding hydrogens is 266 g/mol. The molecule has 3 heterocycles. The molecule has 3 rings (SSSR count). The van der Waals surface area contributed by atoms with Crippen molar-refractivity contribution in [1.82, 2.24) is 19.9 Å². The summed E-state index contributed by atoms with van der Waals surface area (Å²) in [6.07, 6.45) is 8.83. The molecule has 2 aromatic rings. The maximum absolute atomic E-state index is 12.4. The van der Waals surface area contributed by atoms with E-state index in [1.165, 1.54) is 0 Å². The molecular formula is C15H19N5O. The minimum absolute atomic E-state index is 0.0480. The summed E-state index contributed by atoms with van der Waals surface area (Å²) >= 11 is 0.